The Bertz CT molecular complexity index is 170. The molecule has 4 heteroatoms. The first-order valence-corrected chi connectivity index (χ1v) is 6.28. The highest BCUT2D eigenvalue weighted by molar-refractivity contribution is 4.77. The van der Waals surface area contributed by atoms with Crippen molar-refractivity contribution in [2.24, 2.45) is 0 Å². The second kappa shape index (κ2) is 8.01. The zero-order valence-electron chi connectivity index (χ0n) is 10.4. The van der Waals surface area contributed by atoms with Crippen molar-refractivity contribution in [3.05, 3.63) is 0 Å². The minimum atomic E-state index is -0.489. The first-order chi connectivity index (χ1) is 7.76. The molecule has 0 aromatic carbocycles. The fraction of sp³-hybridized carbons (Fsp3) is 1.00. The summed E-state index contributed by atoms with van der Waals surface area (Å²) >= 11 is 0. The third-order valence-corrected chi connectivity index (χ3v) is 3.05. The van der Waals surface area contributed by atoms with Crippen LogP contribution in [-0.4, -0.2) is 50.2 Å². The van der Waals surface area contributed by atoms with Crippen LogP contribution in [0.1, 0.15) is 32.6 Å². The van der Waals surface area contributed by atoms with Crippen molar-refractivity contribution in [2.75, 3.05) is 26.9 Å². The van der Waals surface area contributed by atoms with E-state index < -0.39 is 6.10 Å². The minimum Gasteiger partial charge on any atom is -0.388 e. The van der Waals surface area contributed by atoms with Crippen LogP contribution in [0.25, 0.3) is 0 Å². The molecule has 0 bridgehead atoms. The van der Waals surface area contributed by atoms with Crippen molar-refractivity contribution < 1.29 is 14.6 Å². The van der Waals surface area contributed by atoms with Crippen LogP contribution < -0.4 is 5.32 Å². The summed E-state index contributed by atoms with van der Waals surface area (Å²) in [6.45, 7) is 3.93. The summed E-state index contributed by atoms with van der Waals surface area (Å²) < 4.78 is 10.5. The van der Waals surface area contributed by atoms with Crippen LogP contribution in [0.5, 0.6) is 0 Å². The molecule has 0 aliphatic heterocycles. The van der Waals surface area contributed by atoms with Gasteiger partial charge >= 0.3 is 0 Å². The van der Waals surface area contributed by atoms with Crippen molar-refractivity contribution in [3.63, 3.8) is 0 Å². The number of hydrogen-bond acceptors (Lipinski definition) is 4. The Morgan fingerprint density at radius 2 is 1.94 bits per heavy atom. The third-order valence-electron chi connectivity index (χ3n) is 3.05. The summed E-state index contributed by atoms with van der Waals surface area (Å²) in [5.74, 6) is 0. The summed E-state index contributed by atoms with van der Waals surface area (Å²) in [7, 11) is 1.59. The lowest BCUT2D eigenvalue weighted by molar-refractivity contribution is -0.0481. The predicted octanol–water partition coefficient (Wildman–Crippen LogP) is 0.931. The van der Waals surface area contributed by atoms with Crippen LogP contribution in [0.4, 0.5) is 0 Å². The molecule has 1 atom stereocenters. The quantitative estimate of drug-likeness (QED) is 0.684. The van der Waals surface area contributed by atoms with E-state index in [2.05, 4.69) is 12.2 Å². The Kier molecular flexibility index (Phi) is 6.96. The first-order valence-electron chi connectivity index (χ1n) is 6.28. The zero-order chi connectivity index (χ0) is 11.8. The van der Waals surface area contributed by atoms with Crippen LogP contribution in [0, 0.1) is 0 Å². The van der Waals surface area contributed by atoms with Crippen LogP contribution in [-0.2, 0) is 9.47 Å². The van der Waals surface area contributed by atoms with Crippen molar-refractivity contribution in [2.45, 2.75) is 50.9 Å². The molecule has 0 spiro atoms. The lowest BCUT2D eigenvalue weighted by atomic mass is 9.93. The molecule has 1 rings (SSSR count). The molecule has 0 heterocycles. The average Bonchev–Trinajstić information content (AvgIpc) is 2.29. The van der Waals surface area contributed by atoms with E-state index in [4.69, 9.17) is 9.47 Å². The predicted molar refractivity (Wildman–Crippen MR) is 63.6 cm³/mol. The Labute approximate surface area is 98.3 Å². The standard InChI is InChI=1S/C12H25NO3/c1-3-13-10-4-6-12(7-5-10)16-9-11(14)8-15-2/h10-14H,3-9H2,1-2H3. The van der Waals surface area contributed by atoms with Crippen LogP contribution >= 0.6 is 0 Å². The maximum Gasteiger partial charge on any atom is 0.101 e. The lowest BCUT2D eigenvalue weighted by Crippen LogP contribution is -2.36. The fourth-order valence-electron chi connectivity index (χ4n) is 2.21. The van der Waals surface area contributed by atoms with E-state index in [1.165, 1.54) is 12.8 Å². The van der Waals surface area contributed by atoms with Gasteiger partial charge in [0.1, 0.15) is 6.10 Å². The first kappa shape index (κ1) is 13.9. The average molecular weight is 231 g/mol. The zero-order valence-corrected chi connectivity index (χ0v) is 10.4. The molecule has 16 heavy (non-hydrogen) atoms. The van der Waals surface area contributed by atoms with Gasteiger partial charge in [0.15, 0.2) is 0 Å². The van der Waals surface area contributed by atoms with Gasteiger partial charge < -0.3 is 19.9 Å². The number of rotatable bonds is 7. The molecule has 1 fully saturated rings. The van der Waals surface area contributed by atoms with E-state index >= 15 is 0 Å². The molecular weight excluding hydrogens is 206 g/mol. The van der Waals surface area contributed by atoms with E-state index in [-0.39, 0.29) is 0 Å². The fourth-order valence-corrected chi connectivity index (χ4v) is 2.21. The Hall–Kier alpha value is -0.160. The molecular formula is C12H25NO3. The number of ether oxygens (including phenoxy) is 2. The van der Waals surface area contributed by atoms with Gasteiger partial charge in [0.2, 0.25) is 0 Å². The van der Waals surface area contributed by atoms with Crippen molar-refractivity contribution in [1.82, 2.24) is 5.32 Å². The lowest BCUT2D eigenvalue weighted by Gasteiger charge is -2.29. The molecule has 4 nitrogen and oxygen atoms in total. The van der Waals surface area contributed by atoms with Gasteiger partial charge in [-0.2, -0.15) is 0 Å². The molecule has 96 valence electrons. The molecule has 0 radical (unpaired) electrons. The van der Waals surface area contributed by atoms with Crippen LogP contribution in [0.15, 0.2) is 0 Å². The SMILES string of the molecule is CCNC1CCC(OCC(O)COC)CC1. The maximum atomic E-state index is 9.45. The van der Waals surface area contributed by atoms with Gasteiger partial charge in [0.25, 0.3) is 0 Å². The minimum absolute atomic E-state index is 0.321. The van der Waals surface area contributed by atoms with Crippen molar-refractivity contribution in [3.8, 4) is 0 Å². The van der Waals surface area contributed by atoms with Gasteiger partial charge in [0.05, 0.1) is 19.3 Å². The van der Waals surface area contributed by atoms with Gasteiger partial charge in [-0.05, 0) is 32.2 Å². The van der Waals surface area contributed by atoms with E-state index in [9.17, 15) is 5.11 Å². The third kappa shape index (κ3) is 5.25. The van der Waals surface area contributed by atoms with E-state index in [0.29, 0.717) is 25.4 Å². The second-order valence-corrected chi connectivity index (χ2v) is 4.47. The van der Waals surface area contributed by atoms with Gasteiger partial charge in [-0.1, -0.05) is 6.92 Å². The summed E-state index contributed by atoms with van der Waals surface area (Å²) in [6, 6.07) is 0.661. The Morgan fingerprint density at radius 3 is 2.50 bits per heavy atom. The van der Waals surface area contributed by atoms with E-state index in [0.717, 1.165) is 19.4 Å². The molecule has 1 saturated carbocycles. The van der Waals surface area contributed by atoms with Crippen molar-refractivity contribution in [1.29, 1.82) is 0 Å². The largest absolute Gasteiger partial charge is 0.388 e. The van der Waals surface area contributed by atoms with Gasteiger partial charge in [0, 0.05) is 13.2 Å². The van der Waals surface area contributed by atoms with Crippen LogP contribution in [0.3, 0.4) is 0 Å². The highest BCUT2D eigenvalue weighted by Crippen LogP contribution is 2.21. The van der Waals surface area contributed by atoms with Gasteiger partial charge in [-0.3, -0.25) is 0 Å². The van der Waals surface area contributed by atoms with E-state index in [1.807, 2.05) is 0 Å². The van der Waals surface area contributed by atoms with Crippen LogP contribution in [0.2, 0.25) is 0 Å². The molecule has 0 amide bonds. The highest BCUT2D eigenvalue weighted by atomic mass is 16.5. The number of aliphatic hydroxyl groups is 1. The molecule has 0 aromatic heterocycles. The topological polar surface area (TPSA) is 50.7 Å². The molecule has 1 aliphatic carbocycles. The number of aliphatic hydroxyl groups excluding tert-OH is 1. The van der Waals surface area contributed by atoms with E-state index in [1.54, 1.807) is 7.11 Å². The Morgan fingerprint density at radius 1 is 1.25 bits per heavy atom. The molecule has 1 unspecified atom stereocenters. The second-order valence-electron chi connectivity index (χ2n) is 4.47. The Balaban J connectivity index is 2.07. The molecule has 2 N–H and O–H groups in total. The van der Waals surface area contributed by atoms with Gasteiger partial charge in [-0.25, -0.2) is 0 Å². The number of hydrogen-bond donors (Lipinski definition) is 2. The smallest absolute Gasteiger partial charge is 0.101 e. The number of methoxy groups -OCH3 is 1. The highest BCUT2D eigenvalue weighted by Gasteiger charge is 2.21. The summed E-state index contributed by atoms with van der Waals surface area (Å²) in [6.07, 6.45) is 4.38. The van der Waals surface area contributed by atoms with Gasteiger partial charge in [-0.15, -0.1) is 0 Å². The molecule has 0 aromatic rings. The number of nitrogens with one attached hydrogen (secondary N) is 1. The maximum absolute atomic E-state index is 9.45. The monoisotopic (exact) mass is 231 g/mol. The molecule has 1 aliphatic rings. The summed E-state index contributed by atoms with van der Waals surface area (Å²) in [5, 5.41) is 12.9. The van der Waals surface area contributed by atoms with Crippen molar-refractivity contribution >= 4 is 0 Å². The summed E-state index contributed by atoms with van der Waals surface area (Å²) in [5.41, 5.74) is 0. The molecule has 0 saturated heterocycles. The summed E-state index contributed by atoms with van der Waals surface area (Å²) in [4.78, 5) is 0. The normalized spacial score (nSPS) is 27.9.